The Hall–Kier alpha value is -1.95. The van der Waals surface area contributed by atoms with Crippen LogP contribution in [0.4, 0.5) is 5.69 Å². The maximum atomic E-state index is 12.2. The SMILES string of the molecule is C[C@H](NCC(=O)Nc1ccc2c(c1)OCCO2)c1ccc(Cl)cc1Cl. The topological polar surface area (TPSA) is 59.6 Å². The Morgan fingerprint density at radius 3 is 2.64 bits per heavy atom. The van der Waals surface area contributed by atoms with E-state index in [0.29, 0.717) is 40.4 Å². The second kappa shape index (κ2) is 7.95. The van der Waals surface area contributed by atoms with Gasteiger partial charge in [-0.05, 0) is 36.8 Å². The van der Waals surface area contributed by atoms with Crippen molar-refractivity contribution in [2.75, 3.05) is 25.1 Å². The van der Waals surface area contributed by atoms with Crippen molar-refractivity contribution in [1.82, 2.24) is 5.32 Å². The summed E-state index contributed by atoms with van der Waals surface area (Å²) in [4.78, 5) is 12.2. The lowest BCUT2D eigenvalue weighted by molar-refractivity contribution is -0.115. The smallest absolute Gasteiger partial charge is 0.238 e. The van der Waals surface area contributed by atoms with Crippen molar-refractivity contribution in [3.8, 4) is 11.5 Å². The van der Waals surface area contributed by atoms with Crippen molar-refractivity contribution in [3.05, 3.63) is 52.0 Å². The summed E-state index contributed by atoms with van der Waals surface area (Å²) in [5.74, 6) is 1.17. The third-order valence-corrected chi connectivity index (χ3v) is 4.39. The van der Waals surface area contributed by atoms with Crippen molar-refractivity contribution < 1.29 is 14.3 Å². The fraction of sp³-hybridized carbons (Fsp3) is 0.278. The van der Waals surface area contributed by atoms with E-state index in [2.05, 4.69) is 10.6 Å². The first-order valence-electron chi connectivity index (χ1n) is 7.91. The van der Waals surface area contributed by atoms with Crippen LogP contribution in [-0.4, -0.2) is 25.7 Å². The number of benzene rings is 2. The summed E-state index contributed by atoms with van der Waals surface area (Å²) in [6.45, 7) is 3.13. The fourth-order valence-electron chi connectivity index (χ4n) is 2.53. The molecule has 25 heavy (non-hydrogen) atoms. The summed E-state index contributed by atoms with van der Waals surface area (Å²) in [6.07, 6.45) is 0. The first kappa shape index (κ1) is 17.9. The minimum absolute atomic E-state index is 0.0872. The van der Waals surface area contributed by atoms with Crippen LogP contribution in [0.1, 0.15) is 18.5 Å². The summed E-state index contributed by atoms with van der Waals surface area (Å²) in [6, 6.07) is 10.5. The first-order valence-corrected chi connectivity index (χ1v) is 8.66. The van der Waals surface area contributed by atoms with Gasteiger partial charge in [-0.15, -0.1) is 0 Å². The van der Waals surface area contributed by atoms with Gasteiger partial charge >= 0.3 is 0 Å². The standard InChI is InChI=1S/C18H18Cl2N2O3/c1-11(14-4-2-12(19)8-15(14)20)21-10-18(23)22-13-3-5-16-17(9-13)25-7-6-24-16/h2-5,8-9,11,21H,6-7,10H2,1H3,(H,22,23)/t11-/m0/s1. The third kappa shape index (κ3) is 4.57. The number of amides is 1. The van der Waals surface area contributed by atoms with E-state index in [4.69, 9.17) is 32.7 Å². The number of anilines is 1. The molecule has 2 N–H and O–H groups in total. The molecule has 1 atom stereocenters. The van der Waals surface area contributed by atoms with Crippen molar-refractivity contribution >= 4 is 34.8 Å². The lowest BCUT2D eigenvalue weighted by Gasteiger charge is -2.19. The van der Waals surface area contributed by atoms with E-state index in [9.17, 15) is 4.79 Å². The molecule has 0 bridgehead atoms. The molecule has 0 spiro atoms. The molecule has 0 radical (unpaired) electrons. The zero-order valence-electron chi connectivity index (χ0n) is 13.6. The van der Waals surface area contributed by atoms with E-state index in [1.165, 1.54) is 0 Å². The number of halogens is 2. The molecule has 2 aromatic carbocycles. The summed E-state index contributed by atoms with van der Waals surface area (Å²) < 4.78 is 11.0. The number of carbonyl (C=O) groups is 1. The molecular formula is C18H18Cl2N2O3. The maximum Gasteiger partial charge on any atom is 0.238 e. The van der Waals surface area contributed by atoms with Gasteiger partial charge in [0.25, 0.3) is 0 Å². The number of nitrogens with one attached hydrogen (secondary N) is 2. The number of carbonyl (C=O) groups excluding carboxylic acids is 1. The minimum Gasteiger partial charge on any atom is -0.486 e. The Bertz CT molecular complexity index is 783. The second-order valence-electron chi connectivity index (χ2n) is 5.68. The number of fused-ring (bicyclic) bond motifs is 1. The Morgan fingerprint density at radius 1 is 1.12 bits per heavy atom. The number of rotatable bonds is 5. The van der Waals surface area contributed by atoms with Gasteiger partial charge in [-0.2, -0.15) is 0 Å². The summed E-state index contributed by atoms with van der Waals surface area (Å²) in [5.41, 5.74) is 1.55. The number of hydrogen-bond donors (Lipinski definition) is 2. The van der Waals surface area contributed by atoms with Gasteiger partial charge in [0.15, 0.2) is 11.5 Å². The predicted octanol–water partition coefficient (Wildman–Crippen LogP) is 4.05. The molecule has 132 valence electrons. The van der Waals surface area contributed by atoms with Crippen LogP contribution in [0.15, 0.2) is 36.4 Å². The predicted molar refractivity (Wildman–Crippen MR) is 98.9 cm³/mol. The van der Waals surface area contributed by atoms with E-state index in [0.717, 1.165) is 5.56 Å². The van der Waals surface area contributed by atoms with Crippen LogP contribution in [0.3, 0.4) is 0 Å². The molecule has 7 heteroatoms. The maximum absolute atomic E-state index is 12.2. The zero-order valence-corrected chi connectivity index (χ0v) is 15.2. The van der Waals surface area contributed by atoms with Gasteiger partial charge in [0.05, 0.1) is 6.54 Å². The van der Waals surface area contributed by atoms with E-state index < -0.39 is 0 Å². The number of hydrogen-bond acceptors (Lipinski definition) is 4. The highest BCUT2D eigenvalue weighted by molar-refractivity contribution is 6.35. The highest BCUT2D eigenvalue weighted by Crippen LogP contribution is 2.32. The average Bonchev–Trinajstić information content (AvgIpc) is 2.59. The van der Waals surface area contributed by atoms with Gasteiger partial charge < -0.3 is 20.1 Å². The Labute approximate surface area is 156 Å². The molecule has 0 aromatic heterocycles. The Balaban J connectivity index is 1.56. The summed E-state index contributed by atoms with van der Waals surface area (Å²) in [5, 5.41) is 7.13. The van der Waals surface area contributed by atoms with Crippen LogP contribution in [-0.2, 0) is 4.79 Å². The third-order valence-electron chi connectivity index (χ3n) is 3.82. The van der Waals surface area contributed by atoms with Gasteiger partial charge in [-0.25, -0.2) is 0 Å². The molecule has 0 unspecified atom stereocenters. The molecule has 5 nitrogen and oxygen atoms in total. The van der Waals surface area contributed by atoms with Crippen LogP contribution in [0, 0.1) is 0 Å². The van der Waals surface area contributed by atoms with Crippen molar-refractivity contribution in [1.29, 1.82) is 0 Å². The fourth-order valence-corrected chi connectivity index (χ4v) is 3.11. The van der Waals surface area contributed by atoms with Crippen LogP contribution < -0.4 is 20.1 Å². The largest absolute Gasteiger partial charge is 0.486 e. The quantitative estimate of drug-likeness (QED) is 0.820. The van der Waals surface area contributed by atoms with Crippen molar-refractivity contribution in [2.45, 2.75) is 13.0 Å². The molecule has 1 amide bonds. The molecule has 0 fully saturated rings. The van der Waals surface area contributed by atoms with E-state index in [1.807, 2.05) is 13.0 Å². The van der Waals surface area contributed by atoms with Crippen molar-refractivity contribution in [2.24, 2.45) is 0 Å². The van der Waals surface area contributed by atoms with Crippen LogP contribution in [0.5, 0.6) is 11.5 Å². The van der Waals surface area contributed by atoms with E-state index in [1.54, 1.807) is 30.3 Å². The summed E-state index contributed by atoms with van der Waals surface area (Å²) >= 11 is 12.1. The average molecular weight is 381 g/mol. The highest BCUT2D eigenvalue weighted by Gasteiger charge is 2.14. The van der Waals surface area contributed by atoms with E-state index in [-0.39, 0.29) is 18.5 Å². The highest BCUT2D eigenvalue weighted by atomic mass is 35.5. The van der Waals surface area contributed by atoms with Gasteiger partial charge in [-0.1, -0.05) is 29.3 Å². The van der Waals surface area contributed by atoms with Gasteiger partial charge in [0.2, 0.25) is 5.91 Å². The molecule has 0 aliphatic carbocycles. The molecule has 1 heterocycles. The summed E-state index contributed by atoms with van der Waals surface area (Å²) in [7, 11) is 0. The Morgan fingerprint density at radius 2 is 1.88 bits per heavy atom. The van der Waals surface area contributed by atoms with Gasteiger partial charge in [0, 0.05) is 27.8 Å². The van der Waals surface area contributed by atoms with Gasteiger partial charge in [0.1, 0.15) is 13.2 Å². The zero-order chi connectivity index (χ0) is 17.8. The van der Waals surface area contributed by atoms with E-state index >= 15 is 0 Å². The molecular weight excluding hydrogens is 363 g/mol. The molecule has 0 saturated heterocycles. The first-order chi connectivity index (χ1) is 12.0. The second-order valence-corrected chi connectivity index (χ2v) is 6.52. The molecule has 1 aliphatic heterocycles. The van der Waals surface area contributed by atoms with Crippen LogP contribution >= 0.6 is 23.2 Å². The lowest BCUT2D eigenvalue weighted by Crippen LogP contribution is -2.30. The normalized spacial score (nSPS) is 14.0. The van der Waals surface area contributed by atoms with Gasteiger partial charge in [-0.3, -0.25) is 4.79 Å². The van der Waals surface area contributed by atoms with Crippen LogP contribution in [0.2, 0.25) is 10.0 Å². The number of ether oxygens (including phenoxy) is 2. The Kier molecular flexibility index (Phi) is 5.68. The molecule has 1 aliphatic rings. The molecule has 0 saturated carbocycles. The van der Waals surface area contributed by atoms with Crippen molar-refractivity contribution in [3.63, 3.8) is 0 Å². The monoisotopic (exact) mass is 380 g/mol. The minimum atomic E-state index is -0.159. The van der Waals surface area contributed by atoms with Crippen LogP contribution in [0.25, 0.3) is 0 Å². The molecule has 2 aromatic rings. The molecule has 3 rings (SSSR count). The lowest BCUT2D eigenvalue weighted by atomic mass is 10.1.